The summed E-state index contributed by atoms with van der Waals surface area (Å²) in [6.45, 7) is 7.05. The van der Waals surface area contributed by atoms with Gasteiger partial charge in [-0.2, -0.15) is 4.98 Å². The first-order chi connectivity index (χ1) is 11.3. The average molecular weight is 332 g/mol. The predicted octanol–water partition coefficient (Wildman–Crippen LogP) is 3.87. The minimum Gasteiger partial charge on any atom is -0.461 e. The summed E-state index contributed by atoms with van der Waals surface area (Å²) in [4.78, 5) is 28.1. The number of anilines is 1. The van der Waals surface area contributed by atoms with E-state index in [-0.39, 0.29) is 24.1 Å². The van der Waals surface area contributed by atoms with E-state index in [0.717, 1.165) is 0 Å². The van der Waals surface area contributed by atoms with Crippen molar-refractivity contribution >= 4 is 17.9 Å². The van der Waals surface area contributed by atoms with Gasteiger partial charge in [0.2, 0.25) is 17.5 Å². The number of oxazole rings is 1. The van der Waals surface area contributed by atoms with Gasteiger partial charge in [0.05, 0.1) is 6.61 Å². The Morgan fingerprint density at radius 3 is 2.46 bits per heavy atom. The van der Waals surface area contributed by atoms with E-state index >= 15 is 0 Å². The van der Waals surface area contributed by atoms with Gasteiger partial charge in [-0.05, 0) is 39.8 Å². The molecular formula is C17H20N2O5. The molecule has 7 heteroatoms. The highest BCUT2D eigenvalue weighted by atomic mass is 16.6. The van der Waals surface area contributed by atoms with Crippen molar-refractivity contribution in [3.05, 3.63) is 36.0 Å². The maximum Gasteiger partial charge on any atom is 0.414 e. The molecule has 24 heavy (non-hydrogen) atoms. The van der Waals surface area contributed by atoms with Crippen molar-refractivity contribution < 1.29 is 23.5 Å². The van der Waals surface area contributed by atoms with E-state index in [1.165, 1.54) is 0 Å². The summed E-state index contributed by atoms with van der Waals surface area (Å²) < 4.78 is 15.6. The molecule has 0 saturated carbocycles. The second-order valence-corrected chi connectivity index (χ2v) is 5.91. The molecule has 0 bridgehead atoms. The molecule has 0 saturated heterocycles. The number of aromatic nitrogens is 1. The Bertz CT molecular complexity index is 716. The van der Waals surface area contributed by atoms with Crippen molar-refractivity contribution in [2.45, 2.75) is 33.3 Å². The molecule has 0 radical (unpaired) electrons. The number of rotatable bonds is 4. The molecule has 1 heterocycles. The summed E-state index contributed by atoms with van der Waals surface area (Å²) in [5.74, 6) is -0.597. The number of carbonyl (C=O) groups excluding carboxylic acids is 2. The highest BCUT2D eigenvalue weighted by molar-refractivity contribution is 5.97. The van der Waals surface area contributed by atoms with Crippen LogP contribution in [0.5, 0.6) is 0 Å². The molecule has 128 valence electrons. The molecular weight excluding hydrogens is 312 g/mol. The number of hydrogen-bond acceptors (Lipinski definition) is 6. The van der Waals surface area contributed by atoms with Crippen LogP contribution in [0.4, 0.5) is 10.7 Å². The summed E-state index contributed by atoms with van der Waals surface area (Å²) in [6.07, 6.45) is -0.746. The van der Waals surface area contributed by atoms with Gasteiger partial charge in [-0.3, -0.25) is 5.32 Å². The minimum atomic E-state index is -0.746. The van der Waals surface area contributed by atoms with E-state index in [1.807, 2.05) is 18.2 Å². The van der Waals surface area contributed by atoms with Crippen LogP contribution in [0.25, 0.3) is 11.5 Å². The van der Waals surface area contributed by atoms with Crippen LogP contribution >= 0.6 is 0 Å². The Hall–Kier alpha value is -2.83. The Morgan fingerprint density at radius 1 is 1.21 bits per heavy atom. The molecule has 1 amide bonds. The summed E-state index contributed by atoms with van der Waals surface area (Å²) in [7, 11) is 0. The van der Waals surface area contributed by atoms with E-state index in [4.69, 9.17) is 13.9 Å². The van der Waals surface area contributed by atoms with Crippen molar-refractivity contribution in [3.8, 4) is 11.5 Å². The average Bonchev–Trinajstić information content (AvgIpc) is 2.90. The van der Waals surface area contributed by atoms with Gasteiger partial charge in [-0.1, -0.05) is 18.2 Å². The zero-order valence-corrected chi connectivity index (χ0v) is 14.1. The monoisotopic (exact) mass is 332 g/mol. The van der Waals surface area contributed by atoms with E-state index < -0.39 is 17.7 Å². The van der Waals surface area contributed by atoms with Crippen LogP contribution in [0, 0.1) is 0 Å². The van der Waals surface area contributed by atoms with E-state index in [1.54, 1.807) is 39.8 Å². The number of ether oxygens (including phenoxy) is 2. The normalized spacial score (nSPS) is 11.0. The van der Waals surface area contributed by atoms with Crippen LogP contribution in [0.15, 0.2) is 34.7 Å². The van der Waals surface area contributed by atoms with Gasteiger partial charge in [0.1, 0.15) is 5.60 Å². The molecule has 0 atom stereocenters. The van der Waals surface area contributed by atoms with Crippen molar-refractivity contribution in [2.24, 2.45) is 0 Å². The predicted molar refractivity (Wildman–Crippen MR) is 87.8 cm³/mol. The highest BCUT2D eigenvalue weighted by Gasteiger charge is 2.25. The molecule has 1 aromatic carbocycles. The largest absolute Gasteiger partial charge is 0.461 e. The molecule has 0 fully saturated rings. The number of benzene rings is 1. The van der Waals surface area contributed by atoms with Gasteiger partial charge in [0.25, 0.3) is 0 Å². The van der Waals surface area contributed by atoms with Crippen molar-refractivity contribution in [1.29, 1.82) is 0 Å². The van der Waals surface area contributed by atoms with E-state index in [0.29, 0.717) is 5.56 Å². The standard InChI is InChI=1S/C17H20N2O5/c1-5-22-15(20)12-14(19-16(21)24-17(2,3)4)23-13(18-12)11-9-7-6-8-10-11/h6-10H,5H2,1-4H3,(H,19,21). The summed E-state index contributed by atoms with van der Waals surface area (Å²) in [6, 6.07) is 9.02. The van der Waals surface area contributed by atoms with E-state index in [9.17, 15) is 9.59 Å². The van der Waals surface area contributed by atoms with Gasteiger partial charge in [-0.25, -0.2) is 9.59 Å². The number of carbonyl (C=O) groups is 2. The fourth-order valence-corrected chi connectivity index (χ4v) is 1.84. The minimum absolute atomic E-state index is 0.110. The number of nitrogens with one attached hydrogen (secondary N) is 1. The van der Waals surface area contributed by atoms with Crippen molar-refractivity contribution in [1.82, 2.24) is 4.98 Å². The fraction of sp³-hybridized carbons (Fsp3) is 0.353. The maximum absolute atomic E-state index is 12.0. The van der Waals surface area contributed by atoms with Gasteiger partial charge >= 0.3 is 12.1 Å². The number of hydrogen-bond donors (Lipinski definition) is 1. The summed E-state index contributed by atoms with van der Waals surface area (Å²) in [5.41, 5.74) is -0.127. The third-order valence-corrected chi connectivity index (χ3v) is 2.73. The number of esters is 1. The molecule has 0 spiro atoms. The first-order valence-electron chi connectivity index (χ1n) is 7.53. The quantitative estimate of drug-likeness (QED) is 0.855. The molecule has 0 aliphatic carbocycles. The summed E-state index contributed by atoms with van der Waals surface area (Å²) >= 11 is 0. The topological polar surface area (TPSA) is 90.7 Å². The maximum atomic E-state index is 12.0. The Labute approximate surface area is 140 Å². The lowest BCUT2D eigenvalue weighted by atomic mass is 10.2. The molecule has 7 nitrogen and oxygen atoms in total. The van der Waals surface area contributed by atoms with Gasteiger partial charge in [0.15, 0.2) is 0 Å². The first-order valence-corrected chi connectivity index (χ1v) is 7.53. The van der Waals surface area contributed by atoms with Gasteiger partial charge in [0, 0.05) is 5.56 Å². The first kappa shape index (κ1) is 17.5. The smallest absolute Gasteiger partial charge is 0.414 e. The van der Waals surface area contributed by atoms with Gasteiger partial charge in [-0.15, -0.1) is 0 Å². The fourth-order valence-electron chi connectivity index (χ4n) is 1.84. The van der Waals surface area contributed by atoms with Crippen molar-refractivity contribution in [3.63, 3.8) is 0 Å². The molecule has 0 aliphatic rings. The molecule has 0 aliphatic heterocycles. The summed E-state index contributed by atoms with van der Waals surface area (Å²) in [5, 5.41) is 2.41. The highest BCUT2D eigenvalue weighted by Crippen LogP contribution is 2.26. The molecule has 1 aromatic heterocycles. The lowest BCUT2D eigenvalue weighted by molar-refractivity contribution is 0.0521. The third-order valence-electron chi connectivity index (χ3n) is 2.73. The Balaban J connectivity index is 2.32. The van der Waals surface area contributed by atoms with Gasteiger partial charge < -0.3 is 13.9 Å². The SMILES string of the molecule is CCOC(=O)c1nc(-c2ccccc2)oc1NC(=O)OC(C)(C)C. The number of nitrogens with zero attached hydrogens (tertiary/aromatic N) is 1. The number of amides is 1. The lowest BCUT2D eigenvalue weighted by Gasteiger charge is -2.19. The Kier molecular flexibility index (Phi) is 5.23. The van der Waals surface area contributed by atoms with Crippen LogP contribution in [0.1, 0.15) is 38.2 Å². The van der Waals surface area contributed by atoms with Crippen LogP contribution < -0.4 is 5.32 Å². The van der Waals surface area contributed by atoms with Crippen LogP contribution in [-0.4, -0.2) is 29.3 Å². The molecule has 0 unspecified atom stereocenters. The van der Waals surface area contributed by atoms with E-state index in [2.05, 4.69) is 10.3 Å². The molecule has 2 rings (SSSR count). The second-order valence-electron chi connectivity index (χ2n) is 5.91. The lowest BCUT2D eigenvalue weighted by Crippen LogP contribution is -2.27. The molecule has 2 aromatic rings. The zero-order chi connectivity index (χ0) is 17.7. The Morgan fingerprint density at radius 2 is 1.88 bits per heavy atom. The third kappa shape index (κ3) is 4.58. The van der Waals surface area contributed by atoms with Crippen LogP contribution in [0.2, 0.25) is 0 Å². The van der Waals surface area contributed by atoms with Crippen molar-refractivity contribution in [2.75, 3.05) is 11.9 Å². The second kappa shape index (κ2) is 7.16. The van der Waals surface area contributed by atoms with Crippen LogP contribution in [-0.2, 0) is 9.47 Å². The zero-order valence-electron chi connectivity index (χ0n) is 14.1. The molecule has 1 N–H and O–H groups in total. The van der Waals surface area contributed by atoms with Crippen LogP contribution in [0.3, 0.4) is 0 Å².